The number of nitriles is 1. The van der Waals surface area contributed by atoms with Crippen LogP contribution in [0.5, 0.6) is 0 Å². The van der Waals surface area contributed by atoms with E-state index in [4.69, 9.17) is 0 Å². The van der Waals surface area contributed by atoms with Crippen molar-refractivity contribution in [1.82, 2.24) is 15.2 Å². The molecular formula is C25H24N4O4S. The minimum absolute atomic E-state index is 0.114. The minimum atomic E-state index is -1.88. The maximum absolute atomic E-state index is 12.8. The quantitative estimate of drug-likeness (QED) is 0.481. The number of carbonyl (C=O) groups excluding carboxylic acids is 2. The minimum Gasteiger partial charge on any atom is -0.380 e. The molecule has 1 saturated heterocycles. The van der Waals surface area contributed by atoms with Crippen LogP contribution in [-0.4, -0.2) is 50.7 Å². The third-order valence-electron chi connectivity index (χ3n) is 5.87. The highest BCUT2D eigenvalue weighted by molar-refractivity contribution is 7.09. The van der Waals surface area contributed by atoms with Crippen LogP contribution in [0.2, 0.25) is 0 Å². The van der Waals surface area contributed by atoms with E-state index < -0.39 is 24.0 Å². The van der Waals surface area contributed by atoms with Crippen molar-refractivity contribution in [2.45, 2.75) is 37.6 Å². The number of rotatable bonds is 7. The summed E-state index contributed by atoms with van der Waals surface area (Å²) >= 11 is 1.43. The second-order valence-corrected chi connectivity index (χ2v) is 8.95. The van der Waals surface area contributed by atoms with E-state index in [0.717, 1.165) is 34.5 Å². The van der Waals surface area contributed by atoms with Crippen LogP contribution >= 0.6 is 11.3 Å². The number of hydrogen-bond donors (Lipinski definition) is 3. The highest BCUT2D eigenvalue weighted by Crippen LogP contribution is 2.33. The molecule has 1 aromatic heterocycles. The van der Waals surface area contributed by atoms with Crippen molar-refractivity contribution in [1.29, 1.82) is 5.26 Å². The summed E-state index contributed by atoms with van der Waals surface area (Å²) in [6, 6.07) is 16.5. The number of nitrogens with zero attached hydrogens (tertiary/aromatic N) is 3. The summed E-state index contributed by atoms with van der Waals surface area (Å²) in [5.74, 6) is -1.51. The molecule has 8 nitrogen and oxygen atoms in total. The van der Waals surface area contributed by atoms with Crippen molar-refractivity contribution in [3.8, 4) is 17.2 Å². The van der Waals surface area contributed by atoms with Crippen molar-refractivity contribution in [3.05, 3.63) is 76.2 Å². The molecule has 0 spiro atoms. The Morgan fingerprint density at radius 2 is 1.94 bits per heavy atom. The summed E-state index contributed by atoms with van der Waals surface area (Å²) in [5, 5.41) is 35.1. The predicted molar refractivity (Wildman–Crippen MR) is 126 cm³/mol. The molecule has 1 fully saturated rings. The summed E-state index contributed by atoms with van der Waals surface area (Å²) in [4.78, 5) is 30.9. The molecule has 3 atom stereocenters. The van der Waals surface area contributed by atoms with Gasteiger partial charge in [-0.25, -0.2) is 4.98 Å². The number of likely N-dealkylation sites (tertiary alicyclic amines) is 1. The number of amides is 2. The Kier molecular flexibility index (Phi) is 7.33. The van der Waals surface area contributed by atoms with E-state index in [2.05, 4.69) is 16.4 Å². The van der Waals surface area contributed by atoms with E-state index in [1.807, 2.05) is 29.6 Å². The number of aliphatic hydroxyl groups is 2. The van der Waals surface area contributed by atoms with Crippen LogP contribution in [0.25, 0.3) is 11.1 Å². The lowest BCUT2D eigenvalue weighted by Gasteiger charge is -2.27. The SMILES string of the molecule is N#Cc1ccccc1-c1ccc(CNC(=O)[C@H](O)[C@@H](O)C(=O)N2CCC[C@@H]2c2nccs2)cc1. The zero-order valence-corrected chi connectivity index (χ0v) is 19.1. The highest BCUT2D eigenvalue weighted by Gasteiger charge is 2.39. The molecule has 174 valence electrons. The van der Waals surface area contributed by atoms with Gasteiger partial charge in [-0.3, -0.25) is 9.59 Å². The topological polar surface area (TPSA) is 127 Å². The average molecular weight is 477 g/mol. The molecule has 34 heavy (non-hydrogen) atoms. The van der Waals surface area contributed by atoms with Crippen LogP contribution in [0, 0.1) is 11.3 Å². The lowest BCUT2D eigenvalue weighted by molar-refractivity contribution is -0.153. The lowest BCUT2D eigenvalue weighted by atomic mass is 9.99. The zero-order valence-electron chi connectivity index (χ0n) is 18.3. The molecular weight excluding hydrogens is 452 g/mol. The van der Waals surface area contributed by atoms with Crippen molar-refractivity contribution in [2.24, 2.45) is 0 Å². The van der Waals surface area contributed by atoms with Crippen LogP contribution in [0.15, 0.2) is 60.1 Å². The molecule has 1 aliphatic rings. The van der Waals surface area contributed by atoms with Gasteiger partial charge in [0.15, 0.2) is 12.2 Å². The van der Waals surface area contributed by atoms with Gasteiger partial charge in [0.25, 0.3) is 11.8 Å². The second-order valence-electron chi connectivity index (χ2n) is 8.02. The third-order valence-corrected chi connectivity index (χ3v) is 6.75. The lowest BCUT2D eigenvalue weighted by Crippen LogP contribution is -2.50. The number of nitrogens with one attached hydrogen (secondary N) is 1. The Morgan fingerprint density at radius 3 is 2.65 bits per heavy atom. The van der Waals surface area contributed by atoms with Gasteiger partial charge in [-0.15, -0.1) is 11.3 Å². The van der Waals surface area contributed by atoms with Crippen molar-refractivity contribution < 1.29 is 19.8 Å². The monoisotopic (exact) mass is 476 g/mol. The second kappa shape index (κ2) is 10.6. The Hall–Kier alpha value is -3.58. The summed E-state index contributed by atoms with van der Waals surface area (Å²) in [6.07, 6.45) is -0.588. The van der Waals surface area contributed by atoms with Gasteiger partial charge in [-0.05, 0) is 35.6 Å². The smallest absolute Gasteiger partial charge is 0.255 e. The van der Waals surface area contributed by atoms with E-state index in [0.29, 0.717) is 12.1 Å². The van der Waals surface area contributed by atoms with Crippen LogP contribution < -0.4 is 5.32 Å². The maximum atomic E-state index is 12.8. The average Bonchev–Trinajstić information content (AvgIpc) is 3.58. The first-order valence-electron chi connectivity index (χ1n) is 10.9. The summed E-state index contributed by atoms with van der Waals surface area (Å²) in [6.45, 7) is 0.554. The summed E-state index contributed by atoms with van der Waals surface area (Å²) in [5.41, 5.74) is 3.02. The summed E-state index contributed by atoms with van der Waals surface area (Å²) in [7, 11) is 0. The van der Waals surface area contributed by atoms with Crippen molar-refractivity contribution in [2.75, 3.05) is 6.54 Å². The highest BCUT2D eigenvalue weighted by atomic mass is 32.1. The van der Waals surface area contributed by atoms with Gasteiger partial charge in [0.05, 0.1) is 17.7 Å². The molecule has 3 aromatic rings. The van der Waals surface area contributed by atoms with E-state index in [9.17, 15) is 25.1 Å². The van der Waals surface area contributed by atoms with Crippen molar-refractivity contribution >= 4 is 23.2 Å². The molecule has 9 heteroatoms. The van der Waals surface area contributed by atoms with Crippen LogP contribution in [-0.2, 0) is 16.1 Å². The fraction of sp³-hybridized carbons (Fsp3) is 0.280. The van der Waals surface area contributed by atoms with Gasteiger partial charge in [0, 0.05) is 24.7 Å². The van der Waals surface area contributed by atoms with E-state index in [1.54, 1.807) is 30.5 Å². The first-order chi connectivity index (χ1) is 16.5. The molecule has 4 rings (SSSR count). The van der Waals surface area contributed by atoms with Gasteiger partial charge < -0.3 is 20.4 Å². The molecule has 0 radical (unpaired) electrons. The number of carbonyl (C=O) groups is 2. The number of thiazole rings is 1. The maximum Gasteiger partial charge on any atom is 0.255 e. The Labute approximate surface area is 201 Å². The van der Waals surface area contributed by atoms with E-state index in [1.165, 1.54) is 16.2 Å². The molecule has 1 aliphatic heterocycles. The largest absolute Gasteiger partial charge is 0.380 e. The first kappa shape index (κ1) is 23.6. The van der Waals surface area contributed by atoms with Crippen LogP contribution in [0.4, 0.5) is 0 Å². The van der Waals surface area contributed by atoms with Crippen LogP contribution in [0.3, 0.4) is 0 Å². The van der Waals surface area contributed by atoms with E-state index >= 15 is 0 Å². The number of aliphatic hydroxyl groups excluding tert-OH is 2. The van der Waals surface area contributed by atoms with Gasteiger partial charge in [0.2, 0.25) is 0 Å². The van der Waals surface area contributed by atoms with Gasteiger partial charge in [0.1, 0.15) is 5.01 Å². The first-order valence-corrected chi connectivity index (χ1v) is 11.8. The van der Waals surface area contributed by atoms with Crippen LogP contribution in [0.1, 0.15) is 35.0 Å². The Morgan fingerprint density at radius 1 is 1.18 bits per heavy atom. The van der Waals surface area contributed by atoms with Gasteiger partial charge in [-0.2, -0.15) is 5.26 Å². The number of benzene rings is 2. The normalized spacial score (nSPS) is 17.1. The molecule has 2 aromatic carbocycles. The number of hydrogen-bond acceptors (Lipinski definition) is 7. The van der Waals surface area contributed by atoms with Gasteiger partial charge >= 0.3 is 0 Å². The van der Waals surface area contributed by atoms with E-state index in [-0.39, 0.29) is 12.6 Å². The molecule has 0 aliphatic carbocycles. The summed E-state index contributed by atoms with van der Waals surface area (Å²) < 4.78 is 0. The Balaban J connectivity index is 1.34. The predicted octanol–water partition coefficient (Wildman–Crippen LogP) is 2.38. The third kappa shape index (κ3) is 4.99. The molecule has 2 amide bonds. The molecule has 0 bridgehead atoms. The molecule has 0 unspecified atom stereocenters. The number of aromatic nitrogens is 1. The fourth-order valence-corrected chi connectivity index (χ4v) is 4.85. The molecule has 2 heterocycles. The molecule has 3 N–H and O–H groups in total. The fourth-order valence-electron chi connectivity index (χ4n) is 4.06. The van der Waals surface area contributed by atoms with Gasteiger partial charge in [-0.1, -0.05) is 42.5 Å². The molecule has 0 saturated carbocycles. The zero-order chi connectivity index (χ0) is 24.1. The standard InChI is InChI=1S/C25H24N4O4S/c26-14-18-4-1-2-5-19(18)17-9-7-16(8-10-17)15-28-23(32)21(30)22(31)25(33)29-12-3-6-20(29)24-27-11-13-34-24/h1-2,4-5,7-11,13,20-22,30-31H,3,6,12,15H2,(H,28,32)/t20-,21-,22-/m1/s1. The Bertz CT molecular complexity index is 1190. The van der Waals surface area contributed by atoms with Crippen molar-refractivity contribution in [3.63, 3.8) is 0 Å².